The van der Waals surface area contributed by atoms with Gasteiger partial charge in [0, 0.05) is 24.4 Å². The minimum atomic E-state index is -0.207. The number of hydrogen-bond acceptors (Lipinski definition) is 4. The molecular formula is C15H25N3O2S. The van der Waals surface area contributed by atoms with Gasteiger partial charge in [-0.2, -0.15) is 0 Å². The molecule has 1 atom stereocenters. The average Bonchev–Trinajstić information content (AvgIpc) is 2.77. The lowest BCUT2D eigenvalue weighted by Gasteiger charge is -2.39. The fourth-order valence-corrected chi connectivity index (χ4v) is 3.45. The molecule has 0 aromatic carbocycles. The highest BCUT2D eigenvalue weighted by atomic mass is 32.1. The van der Waals surface area contributed by atoms with Crippen molar-refractivity contribution in [3.8, 4) is 0 Å². The molecule has 1 aliphatic heterocycles. The summed E-state index contributed by atoms with van der Waals surface area (Å²) < 4.78 is 5.76. The number of thiazole rings is 1. The number of nitrogens with one attached hydrogen (secondary N) is 1. The lowest BCUT2D eigenvalue weighted by molar-refractivity contribution is -0.0872. The number of nitrogens with zero attached hydrogens (tertiary/aromatic N) is 2. The van der Waals surface area contributed by atoms with Gasteiger partial charge in [0.15, 0.2) is 0 Å². The van der Waals surface area contributed by atoms with E-state index in [1.807, 2.05) is 18.7 Å². The van der Waals surface area contributed by atoms with Crippen molar-refractivity contribution in [3.63, 3.8) is 0 Å². The lowest BCUT2D eigenvalue weighted by atomic mass is 10.0. The summed E-state index contributed by atoms with van der Waals surface area (Å²) in [7, 11) is 0. The van der Waals surface area contributed by atoms with Crippen molar-refractivity contribution in [2.75, 3.05) is 26.2 Å². The second kappa shape index (κ2) is 6.75. The first-order valence-corrected chi connectivity index (χ1v) is 8.35. The van der Waals surface area contributed by atoms with Gasteiger partial charge < -0.3 is 15.0 Å². The zero-order valence-electron chi connectivity index (χ0n) is 13.4. The van der Waals surface area contributed by atoms with Crippen molar-refractivity contribution in [3.05, 3.63) is 15.6 Å². The molecule has 0 unspecified atom stereocenters. The second-order valence-corrected chi connectivity index (χ2v) is 7.08. The van der Waals surface area contributed by atoms with Crippen molar-refractivity contribution in [2.45, 2.75) is 46.1 Å². The van der Waals surface area contributed by atoms with Gasteiger partial charge >= 0.3 is 6.03 Å². The van der Waals surface area contributed by atoms with Crippen molar-refractivity contribution in [1.82, 2.24) is 15.2 Å². The monoisotopic (exact) mass is 311 g/mol. The Balaban J connectivity index is 1.80. The van der Waals surface area contributed by atoms with E-state index in [0.29, 0.717) is 26.2 Å². The molecule has 1 aromatic rings. The van der Waals surface area contributed by atoms with Gasteiger partial charge in [0.2, 0.25) is 0 Å². The summed E-state index contributed by atoms with van der Waals surface area (Å²) in [5, 5.41) is 4.09. The molecule has 118 valence electrons. The Kier molecular flexibility index (Phi) is 5.22. The van der Waals surface area contributed by atoms with Crippen LogP contribution in [0.1, 0.15) is 35.8 Å². The second-order valence-electron chi connectivity index (χ2n) is 5.80. The molecule has 0 saturated carbocycles. The topological polar surface area (TPSA) is 54.5 Å². The van der Waals surface area contributed by atoms with Crippen LogP contribution in [0, 0.1) is 13.8 Å². The standard InChI is InChI=1S/C15H25N3O2S/c1-5-15(4)10-18(8-9-20-15)14(19)16-7-6-13-11(2)17-12(3)21-13/h5-10H2,1-4H3,(H,16,19)/t15-/m0/s1. The van der Waals surface area contributed by atoms with Gasteiger partial charge in [-0.25, -0.2) is 9.78 Å². The fourth-order valence-electron chi connectivity index (χ4n) is 2.52. The maximum absolute atomic E-state index is 12.2. The van der Waals surface area contributed by atoms with Crippen molar-refractivity contribution < 1.29 is 9.53 Å². The molecule has 1 aromatic heterocycles. The highest BCUT2D eigenvalue weighted by Gasteiger charge is 2.32. The van der Waals surface area contributed by atoms with Crippen molar-refractivity contribution in [2.24, 2.45) is 0 Å². The number of aromatic nitrogens is 1. The summed E-state index contributed by atoms with van der Waals surface area (Å²) in [5.74, 6) is 0. The van der Waals surface area contributed by atoms with Crippen molar-refractivity contribution in [1.29, 1.82) is 0 Å². The highest BCUT2D eigenvalue weighted by molar-refractivity contribution is 7.11. The summed E-state index contributed by atoms with van der Waals surface area (Å²) in [4.78, 5) is 19.8. The number of aryl methyl sites for hydroxylation is 2. The quantitative estimate of drug-likeness (QED) is 0.929. The molecule has 0 aliphatic carbocycles. The predicted molar refractivity (Wildman–Crippen MR) is 84.9 cm³/mol. The number of amides is 2. The first-order chi connectivity index (χ1) is 9.93. The number of rotatable bonds is 4. The lowest BCUT2D eigenvalue weighted by Crippen LogP contribution is -2.54. The zero-order valence-corrected chi connectivity index (χ0v) is 14.2. The molecule has 5 nitrogen and oxygen atoms in total. The SMILES string of the molecule is CC[C@@]1(C)CN(C(=O)NCCc2sc(C)nc2C)CCO1. The largest absolute Gasteiger partial charge is 0.372 e. The molecule has 1 N–H and O–H groups in total. The van der Waals surface area contributed by atoms with Gasteiger partial charge in [0.1, 0.15) is 0 Å². The van der Waals surface area contributed by atoms with E-state index in [9.17, 15) is 4.79 Å². The van der Waals surface area contributed by atoms with E-state index < -0.39 is 0 Å². The molecule has 1 saturated heterocycles. The van der Waals surface area contributed by atoms with Gasteiger partial charge in [-0.05, 0) is 27.2 Å². The smallest absolute Gasteiger partial charge is 0.317 e. The van der Waals surface area contributed by atoms with Crippen LogP contribution in [-0.2, 0) is 11.2 Å². The molecule has 2 rings (SSSR count). The summed E-state index contributed by atoms with van der Waals surface area (Å²) >= 11 is 1.71. The molecular weight excluding hydrogens is 286 g/mol. The van der Waals surface area contributed by atoms with Crippen LogP contribution >= 0.6 is 11.3 Å². The van der Waals surface area contributed by atoms with Crippen LogP contribution in [0.15, 0.2) is 0 Å². The molecule has 0 bridgehead atoms. The van der Waals surface area contributed by atoms with Gasteiger partial charge in [0.05, 0.1) is 29.5 Å². The van der Waals surface area contributed by atoms with Crippen LogP contribution in [0.5, 0.6) is 0 Å². The maximum atomic E-state index is 12.2. The minimum Gasteiger partial charge on any atom is -0.372 e. The van der Waals surface area contributed by atoms with E-state index in [2.05, 4.69) is 24.1 Å². The molecule has 2 heterocycles. The first-order valence-electron chi connectivity index (χ1n) is 7.53. The number of carbonyl (C=O) groups is 1. The Hall–Kier alpha value is -1.14. The van der Waals surface area contributed by atoms with E-state index in [1.165, 1.54) is 4.88 Å². The van der Waals surface area contributed by atoms with Gasteiger partial charge in [0.25, 0.3) is 0 Å². The number of carbonyl (C=O) groups excluding carboxylic acids is 1. The van der Waals surface area contributed by atoms with E-state index in [0.717, 1.165) is 23.5 Å². The predicted octanol–water partition coefficient (Wildman–Crippen LogP) is 2.51. The number of urea groups is 1. The number of ether oxygens (including phenoxy) is 1. The summed E-state index contributed by atoms with van der Waals surface area (Å²) in [6, 6.07) is 0.0110. The summed E-state index contributed by atoms with van der Waals surface area (Å²) in [6.07, 6.45) is 1.76. The third kappa shape index (κ3) is 4.17. The highest BCUT2D eigenvalue weighted by Crippen LogP contribution is 2.21. The van der Waals surface area contributed by atoms with Crippen LogP contribution in [-0.4, -0.2) is 47.8 Å². The van der Waals surface area contributed by atoms with Crippen LogP contribution < -0.4 is 5.32 Å². The third-order valence-corrected chi connectivity index (χ3v) is 5.13. The Labute approximate surface area is 130 Å². The van der Waals surface area contributed by atoms with Crippen LogP contribution in [0.2, 0.25) is 0 Å². The van der Waals surface area contributed by atoms with Crippen LogP contribution in [0.4, 0.5) is 4.79 Å². The van der Waals surface area contributed by atoms with E-state index >= 15 is 0 Å². The van der Waals surface area contributed by atoms with Gasteiger partial charge in [-0.3, -0.25) is 0 Å². The molecule has 2 amide bonds. The summed E-state index contributed by atoms with van der Waals surface area (Å²) in [6.45, 7) is 10.8. The number of morpholine rings is 1. The van der Waals surface area contributed by atoms with E-state index in [-0.39, 0.29) is 11.6 Å². The summed E-state index contributed by atoms with van der Waals surface area (Å²) in [5.41, 5.74) is 0.873. The van der Waals surface area contributed by atoms with Crippen LogP contribution in [0.3, 0.4) is 0 Å². The normalized spacial score (nSPS) is 22.4. The zero-order chi connectivity index (χ0) is 15.5. The first kappa shape index (κ1) is 16.2. The van der Waals surface area contributed by atoms with Gasteiger partial charge in [-0.1, -0.05) is 6.92 Å². The van der Waals surface area contributed by atoms with E-state index in [1.54, 1.807) is 11.3 Å². The van der Waals surface area contributed by atoms with E-state index in [4.69, 9.17) is 4.74 Å². The number of hydrogen-bond donors (Lipinski definition) is 1. The Bertz CT molecular complexity index is 503. The van der Waals surface area contributed by atoms with Gasteiger partial charge in [-0.15, -0.1) is 11.3 Å². The molecule has 6 heteroatoms. The average molecular weight is 311 g/mol. The fraction of sp³-hybridized carbons (Fsp3) is 0.733. The third-order valence-electron chi connectivity index (χ3n) is 4.00. The molecule has 21 heavy (non-hydrogen) atoms. The maximum Gasteiger partial charge on any atom is 0.317 e. The molecule has 1 fully saturated rings. The van der Waals surface area contributed by atoms with Crippen LogP contribution in [0.25, 0.3) is 0 Å². The Morgan fingerprint density at radius 3 is 2.90 bits per heavy atom. The molecule has 1 aliphatic rings. The molecule has 0 spiro atoms. The minimum absolute atomic E-state index is 0.0110. The molecule has 0 radical (unpaired) electrons. The van der Waals surface area contributed by atoms with Crippen molar-refractivity contribution >= 4 is 17.4 Å². The Morgan fingerprint density at radius 2 is 2.29 bits per heavy atom. The Morgan fingerprint density at radius 1 is 1.52 bits per heavy atom.